The highest BCUT2D eigenvalue weighted by Crippen LogP contribution is 2.17. The van der Waals surface area contributed by atoms with E-state index in [-0.39, 0.29) is 5.95 Å². The summed E-state index contributed by atoms with van der Waals surface area (Å²) in [6.45, 7) is 0. The Hall–Kier alpha value is -1.62. The number of halogens is 1. The van der Waals surface area contributed by atoms with Gasteiger partial charge in [0.25, 0.3) is 0 Å². The van der Waals surface area contributed by atoms with Gasteiger partial charge in [0.15, 0.2) is 0 Å². The number of anilines is 3. The third-order valence-corrected chi connectivity index (χ3v) is 2.32. The summed E-state index contributed by atoms with van der Waals surface area (Å²) < 4.78 is 1.04. The van der Waals surface area contributed by atoms with Gasteiger partial charge in [0.2, 0.25) is 5.95 Å². The third-order valence-electron chi connectivity index (χ3n) is 1.79. The highest BCUT2D eigenvalue weighted by atomic mass is 79.9. The fraction of sp³-hybridized carbons (Fsp3) is 0. The number of benzene rings is 1. The normalized spacial score (nSPS) is 9.93. The van der Waals surface area contributed by atoms with Crippen molar-refractivity contribution in [3.8, 4) is 0 Å². The molecule has 4 nitrogen and oxygen atoms in total. The zero-order valence-corrected chi connectivity index (χ0v) is 9.40. The van der Waals surface area contributed by atoms with Crippen LogP contribution < -0.4 is 11.1 Å². The van der Waals surface area contributed by atoms with E-state index in [9.17, 15) is 0 Å². The van der Waals surface area contributed by atoms with Crippen LogP contribution in [0.15, 0.2) is 41.0 Å². The quantitative estimate of drug-likeness (QED) is 0.875. The highest BCUT2D eigenvalue weighted by Gasteiger charge is 1.96. The van der Waals surface area contributed by atoms with Gasteiger partial charge in [-0.05, 0) is 30.3 Å². The largest absolute Gasteiger partial charge is 0.368 e. The molecular weight excluding hydrogens is 256 g/mol. The van der Waals surface area contributed by atoms with Crippen LogP contribution in [0.4, 0.5) is 17.5 Å². The number of hydrogen-bond acceptors (Lipinski definition) is 4. The molecule has 1 aromatic heterocycles. The van der Waals surface area contributed by atoms with Crippen molar-refractivity contribution < 1.29 is 0 Å². The molecule has 0 aliphatic carbocycles. The van der Waals surface area contributed by atoms with Crippen LogP contribution in [0.2, 0.25) is 0 Å². The maximum atomic E-state index is 5.47. The van der Waals surface area contributed by atoms with Gasteiger partial charge in [-0.3, -0.25) is 0 Å². The number of aromatic nitrogens is 2. The van der Waals surface area contributed by atoms with Crippen LogP contribution in [-0.4, -0.2) is 9.97 Å². The molecule has 0 fully saturated rings. The van der Waals surface area contributed by atoms with E-state index in [1.807, 2.05) is 24.3 Å². The Morgan fingerprint density at radius 3 is 2.53 bits per heavy atom. The fourth-order valence-corrected chi connectivity index (χ4v) is 1.39. The molecule has 0 saturated carbocycles. The number of nitrogen functional groups attached to an aromatic ring is 1. The Bertz CT molecular complexity index is 455. The predicted octanol–water partition coefficient (Wildman–Crippen LogP) is 2.56. The van der Waals surface area contributed by atoms with Crippen molar-refractivity contribution in [2.24, 2.45) is 0 Å². The molecule has 76 valence electrons. The first kappa shape index (κ1) is 9.92. The van der Waals surface area contributed by atoms with E-state index < -0.39 is 0 Å². The van der Waals surface area contributed by atoms with Crippen LogP contribution in [0.1, 0.15) is 0 Å². The topological polar surface area (TPSA) is 63.8 Å². The van der Waals surface area contributed by atoms with Crippen molar-refractivity contribution in [1.29, 1.82) is 0 Å². The van der Waals surface area contributed by atoms with Gasteiger partial charge in [-0.1, -0.05) is 15.9 Å². The van der Waals surface area contributed by atoms with Crippen LogP contribution in [0, 0.1) is 0 Å². The van der Waals surface area contributed by atoms with Crippen LogP contribution in [0.3, 0.4) is 0 Å². The second kappa shape index (κ2) is 4.27. The number of hydrogen-bond donors (Lipinski definition) is 2. The number of nitrogens with one attached hydrogen (secondary N) is 1. The lowest BCUT2D eigenvalue weighted by Gasteiger charge is -2.05. The molecule has 1 aromatic carbocycles. The van der Waals surface area contributed by atoms with Gasteiger partial charge in [-0.2, -0.15) is 4.98 Å². The van der Waals surface area contributed by atoms with Crippen molar-refractivity contribution in [3.63, 3.8) is 0 Å². The Balaban J connectivity index is 2.18. The molecule has 0 bridgehead atoms. The summed E-state index contributed by atoms with van der Waals surface area (Å²) >= 11 is 3.37. The molecule has 0 unspecified atom stereocenters. The Morgan fingerprint density at radius 1 is 1.13 bits per heavy atom. The predicted molar refractivity (Wildman–Crippen MR) is 63.9 cm³/mol. The van der Waals surface area contributed by atoms with Gasteiger partial charge < -0.3 is 11.1 Å². The summed E-state index contributed by atoms with van der Waals surface area (Å²) in [6, 6.07) is 9.56. The van der Waals surface area contributed by atoms with Crippen LogP contribution in [0.5, 0.6) is 0 Å². The Kier molecular flexibility index (Phi) is 2.82. The lowest BCUT2D eigenvalue weighted by molar-refractivity contribution is 1.18. The summed E-state index contributed by atoms with van der Waals surface area (Å²) in [5.41, 5.74) is 6.42. The summed E-state index contributed by atoms with van der Waals surface area (Å²) in [4.78, 5) is 7.85. The van der Waals surface area contributed by atoms with Crippen LogP contribution >= 0.6 is 15.9 Å². The molecule has 0 aliphatic rings. The second-order valence-corrected chi connectivity index (χ2v) is 3.85. The summed E-state index contributed by atoms with van der Waals surface area (Å²) in [5, 5.41) is 3.12. The van der Waals surface area contributed by atoms with Crippen LogP contribution in [-0.2, 0) is 0 Å². The maximum absolute atomic E-state index is 5.47. The number of rotatable bonds is 2. The van der Waals surface area contributed by atoms with Gasteiger partial charge in [0.05, 0.1) is 0 Å². The monoisotopic (exact) mass is 264 g/mol. The van der Waals surface area contributed by atoms with Crippen LogP contribution in [0.25, 0.3) is 0 Å². The fourth-order valence-electron chi connectivity index (χ4n) is 1.12. The van der Waals surface area contributed by atoms with Gasteiger partial charge in [-0.15, -0.1) is 0 Å². The van der Waals surface area contributed by atoms with Crippen molar-refractivity contribution in [2.45, 2.75) is 0 Å². The van der Waals surface area contributed by atoms with E-state index in [0.29, 0.717) is 5.82 Å². The summed E-state index contributed by atoms with van der Waals surface area (Å²) in [5.74, 6) is 0.946. The first-order chi connectivity index (χ1) is 7.24. The summed E-state index contributed by atoms with van der Waals surface area (Å²) in [7, 11) is 0. The molecule has 5 heteroatoms. The third kappa shape index (κ3) is 2.66. The number of nitrogens with zero attached hydrogens (tertiary/aromatic N) is 2. The van der Waals surface area contributed by atoms with Crippen molar-refractivity contribution in [3.05, 3.63) is 41.0 Å². The van der Waals surface area contributed by atoms with E-state index in [1.165, 1.54) is 0 Å². The van der Waals surface area contributed by atoms with Crippen molar-refractivity contribution >= 4 is 33.4 Å². The average Bonchev–Trinajstić information content (AvgIpc) is 2.22. The van der Waals surface area contributed by atoms with E-state index >= 15 is 0 Å². The molecule has 0 amide bonds. The molecule has 0 aliphatic heterocycles. The minimum atomic E-state index is 0.261. The Morgan fingerprint density at radius 2 is 1.87 bits per heavy atom. The van der Waals surface area contributed by atoms with E-state index in [4.69, 9.17) is 5.73 Å². The van der Waals surface area contributed by atoms with E-state index in [0.717, 1.165) is 10.2 Å². The van der Waals surface area contributed by atoms with E-state index in [1.54, 1.807) is 12.3 Å². The molecule has 15 heavy (non-hydrogen) atoms. The first-order valence-electron chi connectivity index (χ1n) is 4.35. The zero-order chi connectivity index (χ0) is 10.7. The van der Waals surface area contributed by atoms with Gasteiger partial charge in [-0.25, -0.2) is 4.98 Å². The molecule has 0 spiro atoms. The second-order valence-electron chi connectivity index (χ2n) is 2.93. The molecule has 0 saturated heterocycles. The molecule has 0 atom stereocenters. The maximum Gasteiger partial charge on any atom is 0.221 e. The Labute approximate surface area is 95.7 Å². The number of nitrogens with two attached hydrogens (primary N) is 1. The molecule has 1 heterocycles. The average molecular weight is 265 g/mol. The lowest BCUT2D eigenvalue weighted by Crippen LogP contribution is -1.98. The van der Waals surface area contributed by atoms with Crippen molar-refractivity contribution in [1.82, 2.24) is 9.97 Å². The van der Waals surface area contributed by atoms with Gasteiger partial charge in [0.1, 0.15) is 5.82 Å². The molecular formula is C10H9BrN4. The van der Waals surface area contributed by atoms with Gasteiger partial charge in [0, 0.05) is 16.4 Å². The lowest BCUT2D eigenvalue weighted by atomic mass is 10.3. The molecule has 2 aromatic rings. The van der Waals surface area contributed by atoms with Gasteiger partial charge >= 0.3 is 0 Å². The standard InChI is InChI=1S/C10H9BrN4/c11-7-1-3-8(4-2-7)14-9-5-6-13-10(12)15-9/h1-6H,(H3,12,13,14,15). The zero-order valence-electron chi connectivity index (χ0n) is 7.81. The minimum Gasteiger partial charge on any atom is -0.368 e. The highest BCUT2D eigenvalue weighted by molar-refractivity contribution is 9.10. The minimum absolute atomic E-state index is 0.261. The smallest absolute Gasteiger partial charge is 0.221 e. The molecule has 0 radical (unpaired) electrons. The van der Waals surface area contributed by atoms with Crippen molar-refractivity contribution in [2.75, 3.05) is 11.1 Å². The summed E-state index contributed by atoms with van der Waals surface area (Å²) in [6.07, 6.45) is 1.61. The SMILES string of the molecule is Nc1nccc(Nc2ccc(Br)cc2)n1. The molecule has 3 N–H and O–H groups in total. The molecule has 2 rings (SSSR count). The van der Waals surface area contributed by atoms with E-state index in [2.05, 4.69) is 31.2 Å². The first-order valence-corrected chi connectivity index (χ1v) is 5.14.